The minimum Gasteiger partial charge on any atom is -0.337 e. The van der Waals surface area contributed by atoms with Crippen LogP contribution in [0.4, 0.5) is 5.69 Å². The largest absolute Gasteiger partial charge is 0.337 e. The summed E-state index contributed by atoms with van der Waals surface area (Å²) < 4.78 is 1.99. The number of amides is 2. The van der Waals surface area contributed by atoms with Crippen LogP contribution in [-0.2, 0) is 17.8 Å². The van der Waals surface area contributed by atoms with Crippen LogP contribution >= 0.6 is 0 Å². The Bertz CT molecular complexity index is 1000. The van der Waals surface area contributed by atoms with Gasteiger partial charge in [-0.1, -0.05) is 42.5 Å². The Morgan fingerprint density at radius 1 is 0.967 bits per heavy atom. The van der Waals surface area contributed by atoms with Gasteiger partial charge in [0.2, 0.25) is 5.91 Å². The first-order valence-corrected chi connectivity index (χ1v) is 10.3. The maximum Gasteiger partial charge on any atom is 0.256 e. The molecule has 30 heavy (non-hydrogen) atoms. The topological polar surface area (TPSA) is 58.4 Å². The summed E-state index contributed by atoms with van der Waals surface area (Å²) in [6.45, 7) is 1.27. The van der Waals surface area contributed by atoms with E-state index in [9.17, 15) is 9.59 Å². The Morgan fingerprint density at radius 3 is 2.50 bits per heavy atom. The van der Waals surface area contributed by atoms with E-state index in [1.54, 1.807) is 29.4 Å². The van der Waals surface area contributed by atoms with Crippen LogP contribution in [0.15, 0.2) is 73.3 Å². The van der Waals surface area contributed by atoms with Crippen molar-refractivity contribution in [2.45, 2.75) is 31.8 Å². The molecule has 0 radical (unpaired) electrons. The predicted molar refractivity (Wildman–Crippen MR) is 116 cm³/mol. The van der Waals surface area contributed by atoms with Gasteiger partial charge in [0, 0.05) is 32.5 Å². The average Bonchev–Trinajstić information content (AvgIpc) is 3.29. The lowest BCUT2D eigenvalue weighted by Crippen LogP contribution is -2.48. The molecule has 2 amide bonds. The highest BCUT2D eigenvalue weighted by molar-refractivity contribution is 6.10. The van der Waals surface area contributed by atoms with Crippen molar-refractivity contribution < 1.29 is 9.59 Å². The van der Waals surface area contributed by atoms with Crippen molar-refractivity contribution in [3.8, 4) is 0 Å². The summed E-state index contributed by atoms with van der Waals surface area (Å²) in [7, 11) is 1.76. The maximum absolute atomic E-state index is 13.5. The number of likely N-dealkylation sites (N-methyl/N-ethyl adjacent to an activating group) is 1. The van der Waals surface area contributed by atoms with Gasteiger partial charge in [0.15, 0.2) is 0 Å². The number of rotatable bonds is 7. The zero-order chi connectivity index (χ0) is 20.9. The van der Waals surface area contributed by atoms with Gasteiger partial charge in [-0.05, 0) is 37.0 Å². The van der Waals surface area contributed by atoms with E-state index < -0.39 is 6.04 Å². The number of anilines is 1. The van der Waals surface area contributed by atoms with Crippen molar-refractivity contribution in [1.29, 1.82) is 0 Å². The summed E-state index contributed by atoms with van der Waals surface area (Å²) in [5.74, 6) is -0.112. The van der Waals surface area contributed by atoms with Crippen LogP contribution in [0.5, 0.6) is 0 Å². The second-order valence-corrected chi connectivity index (χ2v) is 7.61. The zero-order valence-electron chi connectivity index (χ0n) is 17.1. The van der Waals surface area contributed by atoms with Crippen molar-refractivity contribution in [3.05, 3.63) is 84.4 Å². The van der Waals surface area contributed by atoms with Gasteiger partial charge in [0.25, 0.3) is 5.91 Å². The number of para-hydroxylation sites is 1. The number of carbonyl (C=O) groups excluding carboxylic acids is 2. The highest BCUT2D eigenvalue weighted by Gasteiger charge is 2.37. The Labute approximate surface area is 176 Å². The molecular formula is C24H26N4O2. The third-order valence-corrected chi connectivity index (χ3v) is 5.67. The first-order chi connectivity index (χ1) is 14.6. The van der Waals surface area contributed by atoms with Crippen LogP contribution in [0.25, 0.3) is 0 Å². The van der Waals surface area contributed by atoms with Gasteiger partial charge in [-0.2, -0.15) is 0 Å². The Morgan fingerprint density at radius 2 is 1.73 bits per heavy atom. The summed E-state index contributed by atoms with van der Waals surface area (Å²) in [5.41, 5.74) is 2.42. The molecule has 4 rings (SSSR count). The number of hydrogen-bond acceptors (Lipinski definition) is 3. The Balaban J connectivity index is 1.59. The van der Waals surface area contributed by atoms with E-state index >= 15 is 0 Å². The molecule has 1 aliphatic heterocycles. The molecule has 1 unspecified atom stereocenters. The van der Waals surface area contributed by atoms with E-state index in [4.69, 9.17) is 0 Å². The highest BCUT2D eigenvalue weighted by Crippen LogP contribution is 2.28. The lowest BCUT2D eigenvalue weighted by Gasteiger charge is -2.30. The summed E-state index contributed by atoms with van der Waals surface area (Å²) in [4.78, 5) is 34.3. The van der Waals surface area contributed by atoms with Gasteiger partial charge in [0.1, 0.15) is 6.04 Å². The minimum atomic E-state index is -0.488. The molecular weight excluding hydrogens is 376 g/mol. The molecule has 6 heteroatoms. The molecule has 0 aliphatic carbocycles. The molecule has 1 atom stereocenters. The van der Waals surface area contributed by atoms with Crippen LogP contribution in [0.3, 0.4) is 0 Å². The van der Waals surface area contributed by atoms with Crippen molar-refractivity contribution in [2.75, 3.05) is 18.5 Å². The number of fused-ring (bicyclic) bond motifs is 1. The molecule has 3 aromatic rings. The fraction of sp³-hybridized carbons (Fsp3) is 0.292. The van der Waals surface area contributed by atoms with Gasteiger partial charge < -0.3 is 14.4 Å². The van der Waals surface area contributed by atoms with Crippen molar-refractivity contribution in [3.63, 3.8) is 0 Å². The number of aryl methyl sites for hydroxylation is 2. The second-order valence-electron chi connectivity index (χ2n) is 7.61. The number of imidazole rings is 1. The zero-order valence-corrected chi connectivity index (χ0v) is 17.1. The predicted octanol–water partition coefficient (Wildman–Crippen LogP) is 3.39. The average molecular weight is 402 g/mol. The molecule has 0 saturated carbocycles. The van der Waals surface area contributed by atoms with Crippen molar-refractivity contribution in [2.24, 2.45) is 0 Å². The van der Waals surface area contributed by atoms with E-state index in [1.165, 1.54) is 5.56 Å². The summed E-state index contributed by atoms with van der Waals surface area (Å²) >= 11 is 0. The van der Waals surface area contributed by atoms with Gasteiger partial charge in [0.05, 0.1) is 17.6 Å². The van der Waals surface area contributed by atoms with E-state index in [0.717, 1.165) is 19.4 Å². The lowest BCUT2D eigenvalue weighted by molar-refractivity contribution is -0.122. The van der Waals surface area contributed by atoms with Crippen LogP contribution in [0.1, 0.15) is 28.8 Å². The van der Waals surface area contributed by atoms with Crippen LogP contribution in [0, 0.1) is 0 Å². The molecule has 1 aliphatic rings. The van der Waals surface area contributed by atoms with E-state index in [1.807, 2.05) is 53.2 Å². The quantitative estimate of drug-likeness (QED) is 0.609. The minimum absolute atomic E-state index is 0.0353. The highest BCUT2D eigenvalue weighted by atomic mass is 16.2. The number of aromatic nitrogens is 2. The van der Waals surface area contributed by atoms with E-state index in [0.29, 0.717) is 24.2 Å². The molecule has 0 fully saturated rings. The molecule has 0 N–H and O–H groups in total. The maximum atomic E-state index is 13.5. The second kappa shape index (κ2) is 8.95. The Hall–Kier alpha value is -3.41. The van der Waals surface area contributed by atoms with Crippen molar-refractivity contribution in [1.82, 2.24) is 14.5 Å². The third kappa shape index (κ3) is 4.13. The summed E-state index contributed by atoms with van der Waals surface area (Å²) in [6, 6.07) is 17.0. The monoisotopic (exact) mass is 402 g/mol. The Kier molecular flexibility index (Phi) is 5.93. The first kappa shape index (κ1) is 19.9. The fourth-order valence-corrected chi connectivity index (χ4v) is 4.05. The van der Waals surface area contributed by atoms with Gasteiger partial charge in [-0.15, -0.1) is 0 Å². The van der Waals surface area contributed by atoms with Gasteiger partial charge in [-0.3, -0.25) is 9.59 Å². The molecule has 1 aromatic heterocycles. The van der Waals surface area contributed by atoms with Crippen molar-refractivity contribution >= 4 is 17.5 Å². The number of benzene rings is 2. The molecule has 2 heterocycles. The third-order valence-electron chi connectivity index (χ3n) is 5.67. The number of hydrogen-bond donors (Lipinski definition) is 0. The summed E-state index contributed by atoms with van der Waals surface area (Å²) in [6.07, 6.45) is 7.51. The molecule has 0 saturated heterocycles. The van der Waals surface area contributed by atoms with Gasteiger partial charge in [-0.25, -0.2) is 4.98 Å². The SMILES string of the molecule is CN1C(=O)C(CCc2ccccc2)N(CCCn2ccnc2)C(=O)c2ccccc21. The van der Waals surface area contributed by atoms with Crippen LogP contribution < -0.4 is 4.90 Å². The number of carbonyl (C=O) groups is 2. The fourth-order valence-electron chi connectivity index (χ4n) is 4.05. The first-order valence-electron chi connectivity index (χ1n) is 10.3. The van der Waals surface area contributed by atoms with Gasteiger partial charge >= 0.3 is 0 Å². The molecule has 0 bridgehead atoms. The van der Waals surface area contributed by atoms with E-state index in [-0.39, 0.29) is 11.8 Å². The smallest absolute Gasteiger partial charge is 0.256 e. The molecule has 0 spiro atoms. The standard InChI is InChI=1S/C24H26N4O2/c1-26-21-11-6-5-10-20(21)23(29)28(16-7-15-27-17-14-25-18-27)22(24(26)30)13-12-19-8-3-2-4-9-19/h2-6,8-11,14,17-18,22H,7,12-13,15-16H2,1H3. The molecule has 2 aromatic carbocycles. The lowest BCUT2D eigenvalue weighted by atomic mass is 10.0. The van der Waals surface area contributed by atoms with Crippen LogP contribution in [0.2, 0.25) is 0 Å². The van der Waals surface area contributed by atoms with Crippen LogP contribution in [-0.4, -0.2) is 45.9 Å². The molecule has 154 valence electrons. The summed E-state index contributed by atoms with van der Waals surface area (Å²) in [5, 5.41) is 0. The number of nitrogens with zero attached hydrogens (tertiary/aromatic N) is 4. The normalized spacial score (nSPS) is 16.5. The molecule has 6 nitrogen and oxygen atoms in total. The van der Waals surface area contributed by atoms with E-state index in [2.05, 4.69) is 17.1 Å².